The first-order valence-electron chi connectivity index (χ1n) is 6.22. The molecule has 96 valence electrons. The molecule has 2 aromatic rings. The van der Waals surface area contributed by atoms with Crippen LogP contribution in [0.15, 0.2) is 34.9 Å². The monoisotopic (exact) mass is 247 g/mol. The molecule has 1 aromatic carbocycles. The molecule has 0 saturated carbocycles. The fraction of sp³-hybridized carbons (Fsp3) is 0.400. The van der Waals surface area contributed by atoms with Gasteiger partial charge in [-0.1, -0.05) is 38.1 Å². The molecule has 0 fully saturated rings. The molecule has 2 rings (SSSR count). The molecule has 0 aliphatic rings. The molecule has 3 heteroatoms. The molecule has 0 saturated heterocycles. The van der Waals surface area contributed by atoms with Crippen molar-refractivity contribution in [2.24, 2.45) is 0 Å². The average molecular weight is 247 g/mol. The van der Waals surface area contributed by atoms with Crippen molar-refractivity contribution in [3.05, 3.63) is 53.2 Å². The summed E-state index contributed by atoms with van der Waals surface area (Å²) in [5, 5.41) is 4.02. The Balaban J connectivity index is 2.18. The molecule has 0 amide bonds. The van der Waals surface area contributed by atoms with E-state index in [2.05, 4.69) is 25.9 Å². The van der Waals surface area contributed by atoms with Crippen molar-refractivity contribution in [1.82, 2.24) is 5.16 Å². The van der Waals surface area contributed by atoms with Gasteiger partial charge in [0, 0.05) is 11.5 Å². The van der Waals surface area contributed by atoms with Crippen LogP contribution < -0.4 is 0 Å². The van der Waals surface area contributed by atoms with Crippen LogP contribution in [0, 0.1) is 5.82 Å². The molecule has 18 heavy (non-hydrogen) atoms. The second-order valence-electron chi connectivity index (χ2n) is 5.22. The highest BCUT2D eigenvalue weighted by Crippen LogP contribution is 2.28. The van der Waals surface area contributed by atoms with Gasteiger partial charge in [0.1, 0.15) is 11.6 Å². The summed E-state index contributed by atoms with van der Waals surface area (Å²) in [6.07, 6.45) is 1.67. The second kappa shape index (κ2) is 4.92. The van der Waals surface area contributed by atoms with Gasteiger partial charge >= 0.3 is 0 Å². The van der Waals surface area contributed by atoms with E-state index in [1.165, 1.54) is 12.1 Å². The first-order valence-corrected chi connectivity index (χ1v) is 6.22. The van der Waals surface area contributed by atoms with Crippen molar-refractivity contribution >= 4 is 0 Å². The maximum atomic E-state index is 12.9. The summed E-state index contributed by atoms with van der Waals surface area (Å²) in [4.78, 5) is 0. The molecule has 0 atom stereocenters. The van der Waals surface area contributed by atoms with Crippen LogP contribution in [0.4, 0.5) is 4.39 Å². The number of benzene rings is 1. The molecule has 0 unspecified atom stereocenters. The lowest BCUT2D eigenvalue weighted by atomic mass is 9.83. The van der Waals surface area contributed by atoms with E-state index in [1.54, 1.807) is 0 Å². The van der Waals surface area contributed by atoms with E-state index in [0.29, 0.717) is 0 Å². The zero-order chi connectivity index (χ0) is 13.2. The van der Waals surface area contributed by atoms with E-state index in [4.69, 9.17) is 4.52 Å². The number of halogens is 1. The molecule has 0 aliphatic carbocycles. The Morgan fingerprint density at radius 3 is 2.44 bits per heavy atom. The second-order valence-corrected chi connectivity index (χ2v) is 5.22. The Labute approximate surface area is 107 Å². The van der Waals surface area contributed by atoms with Crippen molar-refractivity contribution in [2.75, 3.05) is 0 Å². The Morgan fingerprint density at radius 1 is 1.22 bits per heavy atom. The Hall–Kier alpha value is -1.64. The van der Waals surface area contributed by atoms with E-state index < -0.39 is 0 Å². The fourth-order valence-corrected chi connectivity index (χ4v) is 2.00. The van der Waals surface area contributed by atoms with Gasteiger partial charge in [-0.25, -0.2) is 4.39 Å². The SMILES string of the molecule is CCc1cc(C(C)(C)Cc2ccc(F)cc2)on1. The lowest BCUT2D eigenvalue weighted by Gasteiger charge is -2.21. The molecule has 0 bridgehead atoms. The van der Waals surface area contributed by atoms with E-state index in [1.807, 2.05) is 18.2 Å². The molecule has 0 aliphatic heterocycles. The van der Waals surface area contributed by atoms with Gasteiger partial charge < -0.3 is 4.52 Å². The summed E-state index contributed by atoms with van der Waals surface area (Å²) < 4.78 is 18.3. The summed E-state index contributed by atoms with van der Waals surface area (Å²) in [7, 11) is 0. The smallest absolute Gasteiger partial charge is 0.142 e. The maximum Gasteiger partial charge on any atom is 0.142 e. The fourth-order valence-electron chi connectivity index (χ4n) is 2.00. The Morgan fingerprint density at radius 2 is 1.89 bits per heavy atom. The van der Waals surface area contributed by atoms with E-state index >= 15 is 0 Å². The lowest BCUT2D eigenvalue weighted by molar-refractivity contribution is 0.312. The molecule has 0 radical (unpaired) electrons. The molecule has 1 heterocycles. The zero-order valence-corrected chi connectivity index (χ0v) is 11.0. The first-order chi connectivity index (χ1) is 8.51. The van der Waals surface area contributed by atoms with Gasteiger partial charge in [0.25, 0.3) is 0 Å². The Kier molecular flexibility index (Phi) is 3.50. The highest BCUT2D eigenvalue weighted by Gasteiger charge is 2.26. The van der Waals surface area contributed by atoms with Gasteiger partial charge in [0.05, 0.1) is 5.69 Å². The van der Waals surface area contributed by atoms with Crippen molar-refractivity contribution < 1.29 is 8.91 Å². The van der Waals surface area contributed by atoms with Crippen LogP contribution in [-0.4, -0.2) is 5.16 Å². The number of aryl methyl sites for hydroxylation is 1. The van der Waals surface area contributed by atoms with Crippen molar-refractivity contribution in [2.45, 2.75) is 39.0 Å². The normalized spacial score (nSPS) is 11.8. The number of nitrogens with zero attached hydrogens (tertiary/aromatic N) is 1. The van der Waals surface area contributed by atoms with Crippen LogP contribution >= 0.6 is 0 Å². The number of hydrogen-bond donors (Lipinski definition) is 0. The molecule has 0 N–H and O–H groups in total. The predicted octanol–water partition coefficient (Wildman–Crippen LogP) is 3.90. The van der Waals surface area contributed by atoms with Gasteiger partial charge in [0.15, 0.2) is 0 Å². The molecular weight excluding hydrogens is 229 g/mol. The first kappa shape index (κ1) is 12.8. The maximum absolute atomic E-state index is 12.9. The largest absolute Gasteiger partial charge is 0.361 e. The molecular formula is C15H18FNO. The minimum atomic E-state index is -0.204. The van der Waals surface area contributed by atoms with Crippen LogP contribution in [0.2, 0.25) is 0 Å². The quantitative estimate of drug-likeness (QED) is 0.819. The highest BCUT2D eigenvalue weighted by molar-refractivity contribution is 5.23. The topological polar surface area (TPSA) is 26.0 Å². The molecule has 2 nitrogen and oxygen atoms in total. The van der Waals surface area contributed by atoms with Gasteiger partial charge in [-0.15, -0.1) is 0 Å². The summed E-state index contributed by atoms with van der Waals surface area (Å²) >= 11 is 0. The van der Waals surface area contributed by atoms with Gasteiger partial charge in [-0.2, -0.15) is 0 Å². The van der Waals surface area contributed by atoms with Gasteiger partial charge in [-0.3, -0.25) is 0 Å². The van der Waals surface area contributed by atoms with Crippen LogP contribution in [0.25, 0.3) is 0 Å². The number of rotatable bonds is 4. The summed E-state index contributed by atoms with van der Waals surface area (Å²) in [6, 6.07) is 8.61. The predicted molar refractivity (Wildman–Crippen MR) is 69.0 cm³/mol. The van der Waals surface area contributed by atoms with Crippen molar-refractivity contribution in [3.8, 4) is 0 Å². The average Bonchev–Trinajstić information content (AvgIpc) is 2.81. The van der Waals surface area contributed by atoms with E-state index in [-0.39, 0.29) is 11.2 Å². The van der Waals surface area contributed by atoms with Crippen LogP contribution in [0.5, 0.6) is 0 Å². The third-order valence-corrected chi connectivity index (χ3v) is 3.15. The third kappa shape index (κ3) is 2.78. The molecule has 0 spiro atoms. The standard InChI is InChI=1S/C15H18FNO/c1-4-13-9-14(18-17-13)15(2,3)10-11-5-7-12(16)8-6-11/h5-9H,4,10H2,1-3H3. The third-order valence-electron chi connectivity index (χ3n) is 3.15. The minimum Gasteiger partial charge on any atom is -0.361 e. The number of aromatic nitrogens is 1. The van der Waals surface area contributed by atoms with Gasteiger partial charge in [0.2, 0.25) is 0 Å². The van der Waals surface area contributed by atoms with Crippen LogP contribution in [0.3, 0.4) is 0 Å². The lowest BCUT2D eigenvalue weighted by Crippen LogP contribution is -2.19. The van der Waals surface area contributed by atoms with Crippen LogP contribution in [-0.2, 0) is 18.3 Å². The van der Waals surface area contributed by atoms with Crippen LogP contribution in [0.1, 0.15) is 37.8 Å². The van der Waals surface area contributed by atoms with Crippen molar-refractivity contribution in [1.29, 1.82) is 0 Å². The van der Waals surface area contributed by atoms with Crippen molar-refractivity contribution in [3.63, 3.8) is 0 Å². The van der Waals surface area contributed by atoms with Gasteiger partial charge in [-0.05, 0) is 30.5 Å². The molecule has 1 aromatic heterocycles. The summed E-state index contributed by atoms with van der Waals surface area (Å²) in [5.74, 6) is 0.674. The van der Waals surface area contributed by atoms with E-state index in [0.717, 1.165) is 29.9 Å². The summed E-state index contributed by atoms with van der Waals surface area (Å²) in [5.41, 5.74) is 1.92. The van der Waals surface area contributed by atoms with E-state index in [9.17, 15) is 4.39 Å². The number of hydrogen-bond acceptors (Lipinski definition) is 2. The zero-order valence-electron chi connectivity index (χ0n) is 11.0. The highest BCUT2D eigenvalue weighted by atomic mass is 19.1. The Bertz CT molecular complexity index is 514. The summed E-state index contributed by atoms with van der Waals surface area (Å²) in [6.45, 7) is 6.27. The minimum absolute atomic E-state index is 0.141.